The zero-order valence-corrected chi connectivity index (χ0v) is 22.2. The highest BCUT2D eigenvalue weighted by atomic mass is 16.9. The Kier molecular flexibility index (Phi) is 14.6. The van der Waals surface area contributed by atoms with Gasteiger partial charge in [-0.3, -0.25) is 0 Å². The van der Waals surface area contributed by atoms with Crippen LogP contribution in [0, 0.1) is 10.8 Å². The third-order valence-corrected chi connectivity index (χ3v) is 5.34. The topological polar surface area (TPSA) is 262 Å². The first-order valence-electron chi connectivity index (χ1n) is 11.4. The molecule has 0 saturated carbocycles. The normalized spacial score (nSPS) is 12.5. The molecule has 0 amide bonds. The van der Waals surface area contributed by atoms with Gasteiger partial charge in [-0.2, -0.15) is 0 Å². The Morgan fingerprint density at radius 3 is 1.12 bits per heavy atom. The predicted molar refractivity (Wildman–Crippen MR) is 134 cm³/mol. The number of aliphatic hydroxyl groups is 6. The Hall–Kier alpha value is -4.23. The molecule has 17 heteroatoms. The molecule has 0 saturated heterocycles. The van der Waals surface area contributed by atoms with Gasteiger partial charge in [0, 0.05) is 30.4 Å². The summed E-state index contributed by atoms with van der Waals surface area (Å²) < 4.78 is 29.1. The molecule has 0 aromatic rings. The lowest BCUT2D eigenvalue weighted by molar-refractivity contribution is -0.507. The van der Waals surface area contributed by atoms with Crippen LogP contribution in [0.15, 0.2) is 63.3 Å². The molecule has 0 aliphatic carbocycles. The lowest BCUT2D eigenvalue weighted by Crippen LogP contribution is -2.75. The average molecular weight is 605 g/mol. The molecule has 1 unspecified atom stereocenters. The van der Waals surface area contributed by atoms with Crippen molar-refractivity contribution in [3.63, 3.8) is 0 Å². The Morgan fingerprint density at radius 1 is 0.571 bits per heavy atom. The van der Waals surface area contributed by atoms with Gasteiger partial charge in [-0.1, -0.05) is 32.9 Å². The molecule has 1 atom stereocenters. The second-order valence-electron chi connectivity index (χ2n) is 8.05. The quantitative estimate of drug-likeness (QED) is 0.0355. The monoisotopic (exact) mass is 604 g/mol. The summed E-state index contributed by atoms with van der Waals surface area (Å²) in [6.07, 6.45) is -1.07. The van der Waals surface area contributed by atoms with Gasteiger partial charge in [0.25, 0.3) is 5.41 Å². The van der Waals surface area contributed by atoms with Gasteiger partial charge in [0.05, 0.1) is 38.4 Å². The van der Waals surface area contributed by atoms with Crippen molar-refractivity contribution >= 4 is 29.8 Å². The average Bonchev–Trinajstić information content (AvgIpc) is 2.97. The summed E-state index contributed by atoms with van der Waals surface area (Å²) >= 11 is 0. The van der Waals surface area contributed by atoms with Gasteiger partial charge in [0.15, 0.2) is 0 Å². The van der Waals surface area contributed by atoms with Crippen LogP contribution in [0.25, 0.3) is 0 Å². The largest absolute Gasteiger partial charge is 0.431 e. The second-order valence-corrected chi connectivity index (χ2v) is 8.05. The third kappa shape index (κ3) is 8.40. The van der Waals surface area contributed by atoms with Gasteiger partial charge in [0.1, 0.15) is 0 Å². The summed E-state index contributed by atoms with van der Waals surface area (Å²) in [4.78, 5) is 61.6. The zero-order valence-electron chi connectivity index (χ0n) is 22.2. The zero-order chi connectivity index (χ0) is 32.8. The van der Waals surface area contributed by atoms with Gasteiger partial charge in [0.2, 0.25) is 6.29 Å². The van der Waals surface area contributed by atoms with Crippen LogP contribution in [-0.4, -0.2) is 112 Å². The summed E-state index contributed by atoms with van der Waals surface area (Å²) in [5, 5.41) is 63.0. The van der Waals surface area contributed by atoms with Crippen LogP contribution in [-0.2, 0) is 52.4 Å². The lowest BCUT2D eigenvalue weighted by Gasteiger charge is -2.50. The molecule has 0 aromatic heterocycles. The van der Waals surface area contributed by atoms with E-state index in [1.54, 1.807) is 0 Å². The molecule has 0 bridgehead atoms. The first-order chi connectivity index (χ1) is 19.6. The molecule has 0 aliphatic rings. The van der Waals surface area contributed by atoms with Gasteiger partial charge >= 0.3 is 41.8 Å². The first-order valence-corrected chi connectivity index (χ1v) is 11.4. The van der Waals surface area contributed by atoms with Crippen LogP contribution in [0.1, 0.15) is 0 Å². The van der Waals surface area contributed by atoms with Gasteiger partial charge in [-0.25, -0.2) is 24.0 Å². The van der Waals surface area contributed by atoms with Crippen molar-refractivity contribution in [2.75, 3.05) is 33.0 Å². The van der Waals surface area contributed by atoms with Gasteiger partial charge in [-0.05, 0) is 0 Å². The van der Waals surface area contributed by atoms with Crippen LogP contribution in [0.5, 0.6) is 0 Å². The summed E-state index contributed by atoms with van der Waals surface area (Å²) in [6.45, 7) is 9.14. The Balaban J connectivity index is 8.15. The Labute approximate surface area is 238 Å². The number of aliphatic hydroxyl groups excluding tert-OH is 4. The molecular formula is C25H32O17. The molecule has 0 rings (SSSR count). The molecule has 42 heavy (non-hydrogen) atoms. The molecule has 0 aromatic carbocycles. The van der Waals surface area contributed by atoms with E-state index >= 15 is 0 Å². The second kappa shape index (κ2) is 16.3. The summed E-state index contributed by atoms with van der Waals surface area (Å²) in [5.74, 6) is -16.8. The number of hydrogen-bond donors (Lipinski definition) is 6. The van der Waals surface area contributed by atoms with Crippen LogP contribution >= 0.6 is 0 Å². The van der Waals surface area contributed by atoms with E-state index in [0.29, 0.717) is 30.4 Å². The number of hydrogen-bond acceptors (Lipinski definition) is 17. The number of carbonyl (C=O) groups is 5. The van der Waals surface area contributed by atoms with Crippen molar-refractivity contribution in [3.8, 4) is 0 Å². The van der Waals surface area contributed by atoms with Crippen molar-refractivity contribution in [1.82, 2.24) is 0 Å². The third-order valence-electron chi connectivity index (χ3n) is 5.34. The minimum Gasteiger partial charge on any atom is -0.431 e. The minimum absolute atomic E-state index is 0.360. The summed E-state index contributed by atoms with van der Waals surface area (Å²) in [6, 6.07) is 0. The highest BCUT2D eigenvalue weighted by Crippen LogP contribution is 2.50. The predicted octanol–water partition coefficient (Wildman–Crippen LogP) is -2.79. The van der Waals surface area contributed by atoms with Crippen molar-refractivity contribution < 1.29 is 83.0 Å². The van der Waals surface area contributed by atoms with E-state index in [9.17, 15) is 54.6 Å². The molecular weight excluding hydrogens is 572 g/mol. The number of ether oxygens (including phenoxy) is 6. The van der Waals surface area contributed by atoms with E-state index in [1.165, 1.54) is 0 Å². The van der Waals surface area contributed by atoms with E-state index in [2.05, 4.69) is 32.9 Å². The Morgan fingerprint density at radius 2 is 0.881 bits per heavy atom. The van der Waals surface area contributed by atoms with Crippen molar-refractivity contribution in [2.45, 2.75) is 18.2 Å². The molecule has 0 aliphatic heterocycles. The van der Waals surface area contributed by atoms with E-state index in [4.69, 9.17) is 28.4 Å². The van der Waals surface area contributed by atoms with E-state index in [0.717, 1.165) is 0 Å². The highest BCUT2D eigenvalue weighted by Gasteiger charge is 2.79. The maximum Gasteiger partial charge on any atom is 0.399 e. The number of esters is 5. The number of carbonyl (C=O) groups excluding carboxylic acids is 5. The van der Waals surface area contributed by atoms with E-state index in [-0.39, 0.29) is 0 Å². The van der Waals surface area contributed by atoms with Crippen molar-refractivity contribution in [2.24, 2.45) is 10.8 Å². The summed E-state index contributed by atoms with van der Waals surface area (Å²) in [7, 11) is 0. The van der Waals surface area contributed by atoms with Crippen LogP contribution in [0.2, 0.25) is 0 Å². The smallest absolute Gasteiger partial charge is 0.399 e. The standard InChI is InChI=1S/C25H32O17/c1-6-16(30)38-21(37-15-22(11-26,12-27)13-28)23(14-29,24(35,39-17(31)7-2)40-18(32)8-3)25(36,41-19(33)9-4)42-20(34)10-5/h6-10,21,26-29,35-36H,1-5,11-15H2. The fourth-order valence-corrected chi connectivity index (χ4v) is 2.86. The minimum atomic E-state index is -4.25. The molecule has 0 heterocycles. The van der Waals surface area contributed by atoms with Crippen LogP contribution < -0.4 is 0 Å². The maximum absolute atomic E-state index is 12.4. The molecule has 0 radical (unpaired) electrons. The van der Waals surface area contributed by atoms with E-state index in [1.807, 2.05) is 0 Å². The SMILES string of the molecule is C=CC(=O)OC(OCC(CO)(CO)CO)C(CO)(C(O)(OC(=O)C=C)OC(=O)C=C)C(O)(OC(=O)C=C)OC(=O)C=C. The summed E-state index contributed by atoms with van der Waals surface area (Å²) in [5.41, 5.74) is -5.92. The Bertz CT molecular complexity index is 951. The fraction of sp³-hybridized carbons (Fsp3) is 0.400. The van der Waals surface area contributed by atoms with Crippen LogP contribution in [0.3, 0.4) is 0 Å². The number of rotatable bonds is 20. The molecule has 6 N–H and O–H groups in total. The van der Waals surface area contributed by atoms with Crippen molar-refractivity contribution in [3.05, 3.63) is 63.3 Å². The lowest BCUT2D eigenvalue weighted by atomic mass is 9.80. The first kappa shape index (κ1) is 37.8. The maximum atomic E-state index is 12.4. The molecule has 0 spiro atoms. The van der Waals surface area contributed by atoms with Crippen molar-refractivity contribution in [1.29, 1.82) is 0 Å². The van der Waals surface area contributed by atoms with E-state index < -0.39 is 91.9 Å². The molecule has 234 valence electrons. The fourth-order valence-electron chi connectivity index (χ4n) is 2.86. The highest BCUT2D eigenvalue weighted by molar-refractivity contribution is 5.85. The molecule has 17 nitrogen and oxygen atoms in total. The van der Waals surface area contributed by atoms with Crippen LogP contribution in [0.4, 0.5) is 0 Å². The van der Waals surface area contributed by atoms with Gasteiger partial charge < -0.3 is 59.1 Å². The van der Waals surface area contributed by atoms with Gasteiger partial charge in [-0.15, -0.1) is 0 Å². The molecule has 0 fully saturated rings.